The van der Waals surface area contributed by atoms with Crippen molar-refractivity contribution < 1.29 is 0 Å². The van der Waals surface area contributed by atoms with Crippen molar-refractivity contribution in [1.82, 2.24) is 0 Å². The molecule has 0 fully saturated rings. The summed E-state index contributed by atoms with van der Waals surface area (Å²) in [5, 5.41) is 0. The van der Waals surface area contributed by atoms with E-state index < -0.39 is 0 Å². The fraction of sp³-hybridized carbons (Fsp3) is 0.292. The molecule has 2 aliphatic heterocycles. The lowest BCUT2D eigenvalue weighted by Gasteiger charge is -2.29. The van der Waals surface area contributed by atoms with Crippen LogP contribution >= 0.6 is 0 Å². The van der Waals surface area contributed by atoms with Gasteiger partial charge >= 0.3 is 0 Å². The molecular formula is C48H54N4. The molecule has 0 aromatic heterocycles. The van der Waals surface area contributed by atoms with Gasteiger partial charge in [0.25, 0.3) is 0 Å². The first-order valence-electron chi connectivity index (χ1n) is 18.6. The summed E-state index contributed by atoms with van der Waals surface area (Å²) in [5.41, 5.74) is 25.7. The van der Waals surface area contributed by atoms with Crippen LogP contribution < -0.4 is 19.6 Å². The van der Waals surface area contributed by atoms with E-state index in [4.69, 9.17) is 0 Å². The summed E-state index contributed by atoms with van der Waals surface area (Å²) in [4.78, 5) is 9.92. The van der Waals surface area contributed by atoms with Gasteiger partial charge in [-0.1, -0.05) is 95.1 Å². The van der Waals surface area contributed by atoms with E-state index in [1.165, 1.54) is 112 Å². The highest BCUT2D eigenvalue weighted by molar-refractivity contribution is 5.91. The van der Waals surface area contributed by atoms with Gasteiger partial charge in [0, 0.05) is 35.1 Å². The van der Waals surface area contributed by atoms with E-state index in [2.05, 4.69) is 188 Å². The number of benzene rings is 5. The summed E-state index contributed by atoms with van der Waals surface area (Å²) in [5.74, 6) is 0. The minimum Gasteiger partial charge on any atom is -0.327 e. The largest absolute Gasteiger partial charge is 0.327 e. The van der Waals surface area contributed by atoms with Crippen LogP contribution in [0.15, 0.2) is 85.2 Å². The van der Waals surface area contributed by atoms with E-state index in [1.54, 1.807) is 0 Å². The Morgan fingerprint density at radius 3 is 0.808 bits per heavy atom. The fourth-order valence-electron chi connectivity index (χ4n) is 9.35. The summed E-state index contributed by atoms with van der Waals surface area (Å²) in [6.45, 7) is 28.3. The Labute approximate surface area is 312 Å². The average Bonchev–Trinajstić information content (AvgIpc) is 3.64. The summed E-state index contributed by atoms with van der Waals surface area (Å²) >= 11 is 0. The van der Waals surface area contributed by atoms with Crippen molar-refractivity contribution in [3.05, 3.63) is 163 Å². The first-order valence-corrected chi connectivity index (χ1v) is 18.6. The van der Waals surface area contributed by atoms with Crippen molar-refractivity contribution in [1.29, 1.82) is 0 Å². The number of anilines is 4. The van der Waals surface area contributed by atoms with E-state index in [0.29, 0.717) is 0 Å². The Kier molecular flexibility index (Phi) is 9.07. The molecule has 0 bridgehead atoms. The monoisotopic (exact) mass is 686 g/mol. The number of hydrogen-bond acceptors (Lipinski definition) is 4. The Hall–Kier alpha value is -5.22. The maximum atomic E-state index is 2.52. The first-order chi connectivity index (χ1) is 24.7. The van der Waals surface area contributed by atoms with Crippen LogP contribution in [0.2, 0.25) is 0 Å². The molecule has 4 nitrogen and oxygen atoms in total. The van der Waals surface area contributed by atoms with Crippen molar-refractivity contribution in [2.24, 2.45) is 0 Å². The molecule has 0 spiro atoms. The molecule has 0 amide bonds. The van der Waals surface area contributed by atoms with Crippen LogP contribution in [0.1, 0.15) is 77.9 Å². The zero-order valence-corrected chi connectivity index (χ0v) is 33.3. The van der Waals surface area contributed by atoms with Gasteiger partial charge in [-0.15, -0.1) is 0 Å². The summed E-state index contributed by atoms with van der Waals surface area (Å²) < 4.78 is 0. The van der Waals surface area contributed by atoms with Gasteiger partial charge in [-0.05, 0) is 139 Å². The Bertz CT molecular complexity index is 2030. The highest BCUT2D eigenvalue weighted by Crippen LogP contribution is 2.42. The maximum Gasteiger partial charge on any atom is 0.0996 e. The fourth-order valence-corrected chi connectivity index (χ4v) is 9.35. The predicted octanol–water partition coefficient (Wildman–Crippen LogP) is 12.0. The first kappa shape index (κ1) is 35.2. The van der Waals surface area contributed by atoms with Gasteiger partial charge in [0.15, 0.2) is 0 Å². The zero-order chi connectivity index (χ0) is 37.2. The molecule has 0 radical (unpaired) electrons. The molecule has 0 unspecified atom stereocenters. The number of aryl methyl sites for hydroxylation is 12. The van der Waals surface area contributed by atoms with E-state index in [1.807, 2.05) is 0 Å². The maximum absolute atomic E-state index is 2.52. The van der Waals surface area contributed by atoms with Crippen molar-refractivity contribution in [3.63, 3.8) is 0 Å². The van der Waals surface area contributed by atoms with E-state index in [9.17, 15) is 0 Å². The highest BCUT2D eigenvalue weighted by Gasteiger charge is 2.31. The minimum atomic E-state index is 0.766. The second kappa shape index (κ2) is 13.4. The normalized spacial score (nSPS) is 14.5. The van der Waals surface area contributed by atoms with Gasteiger partial charge in [-0.3, -0.25) is 0 Å². The molecule has 0 aliphatic carbocycles. The van der Waals surface area contributed by atoms with Crippen LogP contribution in [-0.4, -0.2) is 13.3 Å². The van der Waals surface area contributed by atoms with Crippen LogP contribution in [0.5, 0.6) is 0 Å². The molecule has 52 heavy (non-hydrogen) atoms. The molecule has 4 heteroatoms. The van der Waals surface area contributed by atoms with Crippen LogP contribution in [-0.2, 0) is 0 Å². The third kappa shape index (κ3) is 6.29. The van der Waals surface area contributed by atoms with Gasteiger partial charge in [0.05, 0.1) is 24.7 Å². The molecule has 5 aromatic carbocycles. The quantitative estimate of drug-likeness (QED) is 0.176. The lowest BCUT2D eigenvalue weighted by molar-refractivity contribution is 0.958. The van der Waals surface area contributed by atoms with Crippen LogP contribution in [0, 0.1) is 83.1 Å². The smallest absolute Gasteiger partial charge is 0.0996 e. The van der Waals surface area contributed by atoms with Gasteiger partial charge < -0.3 is 19.6 Å². The van der Waals surface area contributed by atoms with Crippen LogP contribution in [0.4, 0.5) is 22.7 Å². The van der Waals surface area contributed by atoms with E-state index >= 15 is 0 Å². The molecule has 0 saturated heterocycles. The van der Waals surface area contributed by atoms with Gasteiger partial charge in [-0.2, -0.15) is 0 Å². The molecule has 2 aliphatic rings. The van der Waals surface area contributed by atoms with Crippen molar-refractivity contribution >= 4 is 34.1 Å². The van der Waals surface area contributed by atoms with Crippen molar-refractivity contribution in [2.45, 2.75) is 83.1 Å². The Morgan fingerprint density at radius 1 is 0.327 bits per heavy atom. The Balaban J connectivity index is 1.33. The third-order valence-electron chi connectivity index (χ3n) is 10.9. The van der Waals surface area contributed by atoms with Crippen molar-refractivity contribution in [3.8, 4) is 0 Å². The molecule has 5 aromatic rings. The SMILES string of the molecule is Cc1cc(C)c(N2C=C(c3ccc(C4=CN(c5c(C)cc(C)cc5C)CN4c4c(C)cc(C)cc4C)cc3)N(c3c(C)cc(C)cc3C)C2)c(C)c1. The molecule has 0 atom stereocenters. The second-order valence-corrected chi connectivity index (χ2v) is 15.7. The molecule has 266 valence electrons. The summed E-state index contributed by atoms with van der Waals surface area (Å²) in [6, 6.07) is 27.8. The Morgan fingerprint density at radius 2 is 0.558 bits per heavy atom. The summed E-state index contributed by atoms with van der Waals surface area (Å²) in [7, 11) is 0. The molecule has 7 rings (SSSR count). The second-order valence-electron chi connectivity index (χ2n) is 15.7. The van der Waals surface area contributed by atoms with E-state index in [0.717, 1.165) is 13.3 Å². The zero-order valence-electron chi connectivity index (χ0n) is 33.3. The lowest BCUT2D eigenvalue weighted by Crippen LogP contribution is -2.28. The van der Waals surface area contributed by atoms with Crippen LogP contribution in [0.25, 0.3) is 11.4 Å². The van der Waals surface area contributed by atoms with Gasteiger partial charge in [0.2, 0.25) is 0 Å². The molecule has 2 heterocycles. The molecular weight excluding hydrogens is 633 g/mol. The topological polar surface area (TPSA) is 13.0 Å². The highest BCUT2D eigenvalue weighted by atomic mass is 15.4. The standard InChI is InChI=1S/C48H54N4/c1-29-17-33(5)45(34(6)18-29)49-25-43(51(27-49)47-37(9)21-31(3)22-38(47)10)41-13-15-42(16-14-41)44-26-50(46-35(7)19-30(2)20-36(46)8)28-52(44)48-39(11)23-32(4)24-40(48)12/h13-26H,27-28H2,1-12H3. The third-order valence-corrected chi connectivity index (χ3v) is 10.9. The number of hydrogen-bond donors (Lipinski definition) is 0. The molecule has 0 N–H and O–H groups in total. The van der Waals surface area contributed by atoms with Gasteiger partial charge in [0.1, 0.15) is 0 Å². The van der Waals surface area contributed by atoms with Gasteiger partial charge in [-0.25, -0.2) is 0 Å². The number of nitrogens with zero attached hydrogens (tertiary/aromatic N) is 4. The lowest BCUT2D eigenvalue weighted by atomic mass is 10.0. The van der Waals surface area contributed by atoms with E-state index in [-0.39, 0.29) is 0 Å². The minimum absolute atomic E-state index is 0.766. The van der Waals surface area contributed by atoms with Crippen molar-refractivity contribution in [2.75, 3.05) is 32.9 Å². The number of rotatable bonds is 6. The average molecular weight is 687 g/mol. The van der Waals surface area contributed by atoms with Crippen LogP contribution in [0.3, 0.4) is 0 Å². The predicted molar refractivity (Wildman–Crippen MR) is 225 cm³/mol. The summed E-state index contributed by atoms with van der Waals surface area (Å²) in [6.07, 6.45) is 4.73. The molecule has 0 saturated carbocycles.